The molecule has 9 rings (SSSR count). The number of hydrogen-bond acceptors (Lipinski definition) is 11. The molecule has 1 saturated heterocycles. The maximum absolute atomic E-state index is 15.3. The third kappa shape index (κ3) is 5.71. The number of esters is 3. The Balaban J connectivity index is 1.40. The molecule has 6 aliphatic rings. The van der Waals surface area contributed by atoms with Crippen LogP contribution >= 0.6 is 0 Å². The average molecular weight is 847 g/mol. The molecule has 5 aliphatic heterocycles. The van der Waals surface area contributed by atoms with Gasteiger partial charge in [0.25, 0.3) is 0 Å². The van der Waals surface area contributed by atoms with Gasteiger partial charge < -0.3 is 33.9 Å². The number of likely N-dealkylation sites (N-methyl/N-ethyl adjacent to an activating group) is 1. The topological polar surface area (TPSA) is 134 Å². The fraction of sp³-hybridized carbons (Fsp3) is 0.543. The van der Waals surface area contributed by atoms with Crippen LogP contribution < -0.4 is 9.64 Å². The number of para-hydroxylation sites is 1. The molecule has 0 amide bonds. The highest BCUT2D eigenvalue weighted by molar-refractivity contribution is 5.95. The molecule has 9 unspecified atom stereocenters. The van der Waals surface area contributed by atoms with Crippen molar-refractivity contribution in [3.63, 3.8) is 0 Å². The number of alkyl halides is 3. The Hall–Kier alpha value is -4.86. The van der Waals surface area contributed by atoms with Crippen molar-refractivity contribution >= 4 is 34.5 Å². The summed E-state index contributed by atoms with van der Waals surface area (Å²) in [6.07, 6.45) is 1.44. The van der Waals surface area contributed by atoms with E-state index >= 15 is 4.79 Å². The van der Waals surface area contributed by atoms with Crippen LogP contribution in [0, 0.1) is 11.3 Å². The number of H-pyrrole nitrogens is 1. The molecule has 1 aromatic heterocycles. The zero-order valence-electron chi connectivity index (χ0n) is 35.4. The lowest BCUT2D eigenvalue weighted by Crippen LogP contribution is -2.81. The van der Waals surface area contributed by atoms with Gasteiger partial charge in [-0.2, -0.15) is 0 Å². The lowest BCUT2D eigenvalue weighted by atomic mass is 9.47. The Morgan fingerprint density at radius 1 is 1.02 bits per heavy atom. The number of aromatic nitrogens is 1. The van der Waals surface area contributed by atoms with Crippen molar-refractivity contribution in [3.05, 3.63) is 82.6 Å². The Labute approximate surface area is 352 Å². The van der Waals surface area contributed by atoms with Crippen molar-refractivity contribution < 1.29 is 51.6 Å². The van der Waals surface area contributed by atoms with Crippen molar-refractivity contribution in [1.82, 2.24) is 14.8 Å². The monoisotopic (exact) mass is 846 g/mol. The summed E-state index contributed by atoms with van der Waals surface area (Å²) >= 11 is 0. The number of nitrogens with zero attached hydrogens (tertiary/aromatic N) is 3. The quantitative estimate of drug-likeness (QED) is 0.173. The molecule has 9 atom stereocenters. The molecule has 2 aromatic carbocycles. The number of fused-ring (bicyclic) bond motifs is 6. The molecule has 15 heteroatoms. The second kappa shape index (κ2) is 14.3. The number of benzene rings is 2. The van der Waals surface area contributed by atoms with E-state index in [9.17, 15) is 27.9 Å². The molecule has 1 aliphatic carbocycles. The fourth-order valence-electron chi connectivity index (χ4n) is 13.1. The van der Waals surface area contributed by atoms with Crippen LogP contribution in [0.5, 0.6) is 5.75 Å². The van der Waals surface area contributed by atoms with E-state index in [0.29, 0.717) is 56.7 Å². The highest BCUT2D eigenvalue weighted by Gasteiger charge is 2.80. The Bertz CT molecular complexity index is 2380. The zero-order valence-corrected chi connectivity index (χ0v) is 35.4. The Morgan fingerprint density at radius 3 is 2.46 bits per heavy atom. The Kier molecular flexibility index (Phi) is 9.76. The van der Waals surface area contributed by atoms with Gasteiger partial charge in [-0.1, -0.05) is 55.8 Å². The summed E-state index contributed by atoms with van der Waals surface area (Å²) in [6, 6.07) is 8.90. The summed E-state index contributed by atoms with van der Waals surface area (Å²) < 4.78 is 67.2. The number of hydrogen-bond donors (Lipinski definition) is 2. The van der Waals surface area contributed by atoms with Gasteiger partial charge in [0.1, 0.15) is 11.2 Å². The smallest absolute Gasteiger partial charge is 0.468 e. The number of methoxy groups -OCH3 is 2. The normalized spacial score (nSPS) is 33.9. The summed E-state index contributed by atoms with van der Waals surface area (Å²) in [7, 11) is 4.02. The maximum Gasteiger partial charge on any atom is 0.573 e. The van der Waals surface area contributed by atoms with Crippen molar-refractivity contribution in [2.75, 3.05) is 58.9 Å². The fourth-order valence-corrected chi connectivity index (χ4v) is 13.1. The van der Waals surface area contributed by atoms with Gasteiger partial charge >= 0.3 is 24.3 Å². The first-order valence-corrected chi connectivity index (χ1v) is 21.2. The van der Waals surface area contributed by atoms with E-state index in [1.807, 2.05) is 43.3 Å². The van der Waals surface area contributed by atoms with Crippen LogP contribution in [0.25, 0.3) is 10.9 Å². The van der Waals surface area contributed by atoms with Gasteiger partial charge in [0, 0.05) is 90.9 Å². The second-order valence-electron chi connectivity index (χ2n) is 17.8. The largest absolute Gasteiger partial charge is 0.573 e. The van der Waals surface area contributed by atoms with Gasteiger partial charge in [-0.05, 0) is 67.8 Å². The SMILES string of the molecule is CCC1=CC2CN(CCc3c([nH]c4ccccc34)C(C(=O)OC)(c3cc4c(cc3OC(F)(F)F)N(C)C3C(O)(C(=O)OC)C(OC(C)=O)C5(CC)C=CCN6CCC43C65)C2)C1. The highest BCUT2D eigenvalue weighted by atomic mass is 19.4. The maximum atomic E-state index is 15.3. The molecule has 1 spiro atoms. The second-order valence-corrected chi connectivity index (χ2v) is 17.8. The van der Waals surface area contributed by atoms with Crippen LogP contribution in [0.3, 0.4) is 0 Å². The van der Waals surface area contributed by atoms with Crippen LogP contribution in [0.2, 0.25) is 0 Å². The Morgan fingerprint density at radius 2 is 1.77 bits per heavy atom. The molecule has 61 heavy (non-hydrogen) atoms. The van der Waals surface area contributed by atoms with Crippen molar-refractivity contribution in [1.29, 1.82) is 0 Å². The number of ether oxygens (including phenoxy) is 4. The molecule has 3 aromatic rings. The molecule has 6 heterocycles. The van der Waals surface area contributed by atoms with E-state index in [2.05, 4.69) is 27.8 Å². The first-order chi connectivity index (χ1) is 29.0. The van der Waals surface area contributed by atoms with Gasteiger partial charge in [-0.15, -0.1) is 13.2 Å². The van der Waals surface area contributed by atoms with Crippen molar-refractivity contribution in [2.45, 2.75) is 93.9 Å². The van der Waals surface area contributed by atoms with E-state index in [1.54, 1.807) is 18.0 Å². The summed E-state index contributed by atoms with van der Waals surface area (Å²) in [5, 5.41) is 14.1. The number of carbonyl (C=O) groups excluding carboxylic acids is 3. The molecule has 12 nitrogen and oxygen atoms in total. The molecule has 2 bridgehead atoms. The summed E-state index contributed by atoms with van der Waals surface area (Å²) in [5.41, 5.74) is -2.79. The number of aromatic amines is 1. The minimum absolute atomic E-state index is 0.0345. The summed E-state index contributed by atoms with van der Waals surface area (Å²) in [5.74, 6) is -3.38. The van der Waals surface area contributed by atoms with Crippen LogP contribution in [-0.4, -0.2) is 122 Å². The van der Waals surface area contributed by atoms with E-state index in [-0.39, 0.29) is 23.6 Å². The first kappa shape index (κ1) is 41.5. The lowest BCUT2D eigenvalue weighted by Gasteiger charge is -2.63. The van der Waals surface area contributed by atoms with E-state index in [4.69, 9.17) is 18.9 Å². The van der Waals surface area contributed by atoms with Gasteiger partial charge in [-0.25, -0.2) is 4.79 Å². The molecule has 1 saturated carbocycles. The van der Waals surface area contributed by atoms with E-state index in [1.165, 1.54) is 25.7 Å². The van der Waals surface area contributed by atoms with Gasteiger partial charge in [0.05, 0.1) is 20.3 Å². The van der Waals surface area contributed by atoms with Crippen LogP contribution in [0.15, 0.2) is 60.2 Å². The average Bonchev–Trinajstić information content (AvgIpc) is 3.89. The molecule has 2 N–H and O–H groups in total. The molecule has 326 valence electrons. The first-order valence-electron chi connectivity index (χ1n) is 21.2. The minimum Gasteiger partial charge on any atom is -0.468 e. The minimum atomic E-state index is -5.19. The number of carbonyl (C=O) groups is 3. The molecular weight excluding hydrogens is 794 g/mol. The molecule has 2 fully saturated rings. The van der Waals surface area contributed by atoms with Gasteiger partial charge in [-0.3, -0.25) is 19.4 Å². The van der Waals surface area contributed by atoms with Crippen LogP contribution in [-0.2, 0) is 45.8 Å². The predicted octanol–water partition coefficient (Wildman–Crippen LogP) is 5.69. The van der Waals surface area contributed by atoms with E-state index < -0.39 is 70.1 Å². The van der Waals surface area contributed by atoms with Gasteiger partial charge in [0.2, 0.25) is 5.60 Å². The molecule has 0 radical (unpaired) electrons. The molecular formula is C46H53F3N4O8. The number of nitrogens with one attached hydrogen (secondary N) is 1. The van der Waals surface area contributed by atoms with Crippen molar-refractivity contribution in [3.8, 4) is 5.75 Å². The number of rotatable bonds is 7. The van der Waals surface area contributed by atoms with E-state index in [0.717, 1.165) is 36.5 Å². The highest BCUT2D eigenvalue weighted by Crippen LogP contribution is 2.68. The summed E-state index contributed by atoms with van der Waals surface area (Å²) in [6.45, 7) is 8.19. The van der Waals surface area contributed by atoms with Gasteiger partial charge in [0.15, 0.2) is 6.10 Å². The third-order valence-electron chi connectivity index (χ3n) is 15.1. The predicted molar refractivity (Wildman–Crippen MR) is 219 cm³/mol. The summed E-state index contributed by atoms with van der Waals surface area (Å²) in [4.78, 5) is 52.4. The van der Waals surface area contributed by atoms with Crippen LogP contribution in [0.1, 0.15) is 68.8 Å². The number of aliphatic hydroxyl groups is 1. The van der Waals surface area contributed by atoms with Crippen molar-refractivity contribution in [2.24, 2.45) is 11.3 Å². The number of halogens is 3. The standard InChI is InChI=1S/C46H53F3N4O8/c1-7-27-20-28-23-44(40(55)58-5,36-30(14-18-52(24-27)25-28)29-12-9-10-13-33(29)50-36)32-21-31-34(22-35(32)61-46(47,48)49)51(4)38-43(31)16-19-53-17-11-15-42(8-2,37(43)53)39(60-26(3)54)45(38,57)41(56)59-6/h9-13,15,20-22,28,37-39,50,57H,7-8,14,16-19,23-25H2,1-6H3. The lowest BCUT2D eigenvalue weighted by molar-refractivity contribution is -0.275. The number of anilines is 1. The third-order valence-corrected chi connectivity index (χ3v) is 15.1. The van der Waals surface area contributed by atoms with Crippen LogP contribution in [0.4, 0.5) is 18.9 Å². The zero-order chi connectivity index (χ0) is 43.4.